The highest BCUT2D eigenvalue weighted by atomic mass is 15.0. The molecule has 2 N–H and O–H groups in total. The molecule has 0 aliphatic heterocycles. The highest BCUT2D eigenvalue weighted by Gasteiger charge is 2.10. The fourth-order valence-electron chi connectivity index (χ4n) is 1.45. The lowest BCUT2D eigenvalue weighted by atomic mass is 10.2. The molecule has 0 aliphatic carbocycles. The topological polar surface area (TPSA) is 61.1 Å². The smallest absolute Gasteiger partial charge is 0.227 e. The molecular weight excluding hydrogens is 190 g/mol. The van der Waals surface area contributed by atoms with E-state index in [0.717, 1.165) is 11.0 Å². The fraction of sp³-hybridized carbons (Fsp3) is 0.100. The zero-order valence-electron chi connectivity index (χ0n) is 8.18. The minimum Gasteiger partial charge on any atom is -0.413 e. The van der Waals surface area contributed by atoms with Crippen LogP contribution in [-0.2, 0) is 7.05 Å². The Labute approximate surface area is 86.7 Å². The first-order valence-electron chi connectivity index (χ1n) is 4.33. The van der Waals surface area contributed by atoms with E-state index < -0.39 is 0 Å². The van der Waals surface area contributed by atoms with E-state index in [1.165, 1.54) is 12.5 Å². The van der Waals surface area contributed by atoms with Crippen molar-refractivity contribution in [2.24, 2.45) is 12.8 Å². The lowest BCUT2D eigenvalue weighted by Crippen LogP contribution is -1.94. The Hall–Kier alpha value is -2.35. The molecule has 0 saturated carbocycles. The molecule has 0 atom stereocenters. The first-order valence-corrected chi connectivity index (χ1v) is 4.33. The maximum atomic E-state index is 6.99. The Balaban J connectivity index is 2.78. The molecule has 0 aliphatic rings. The van der Waals surface area contributed by atoms with Gasteiger partial charge in [-0.2, -0.15) is 0 Å². The normalized spacial score (nSPS) is 11.6. The summed E-state index contributed by atoms with van der Waals surface area (Å²) in [6.45, 7) is 6.99. The van der Waals surface area contributed by atoms with Gasteiger partial charge in [-0.15, -0.1) is 0 Å². The molecule has 2 aromatic heterocycles. The zero-order chi connectivity index (χ0) is 10.8. The van der Waals surface area contributed by atoms with Gasteiger partial charge in [0.15, 0.2) is 0 Å². The molecule has 2 rings (SSSR count). The van der Waals surface area contributed by atoms with Gasteiger partial charge in [0.2, 0.25) is 5.70 Å². The summed E-state index contributed by atoms with van der Waals surface area (Å²) in [5.74, 6) is 0. The highest BCUT2D eigenvalue weighted by Crippen LogP contribution is 2.21. The van der Waals surface area contributed by atoms with Crippen LogP contribution >= 0.6 is 0 Å². The summed E-state index contributed by atoms with van der Waals surface area (Å²) in [6, 6.07) is 1.87. The molecule has 0 amide bonds. The number of aromatic nitrogens is 3. The van der Waals surface area contributed by atoms with Gasteiger partial charge in [0.25, 0.3) is 0 Å². The quantitative estimate of drug-likeness (QED) is 0.701. The Kier molecular flexibility index (Phi) is 2.10. The van der Waals surface area contributed by atoms with Crippen LogP contribution in [0.2, 0.25) is 0 Å². The van der Waals surface area contributed by atoms with Crippen LogP contribution in [0.3, 0.4) is 0 Å². The summed E-state index contributed by atoms with van der Waals surface area (Å²) < 4.78 is 1.87. The van der Waals surface area contributed by atoms with Crippen LogP contribution in [0, 0.1) is 6.57 Å². The number of nitrogens with two attached hydrogens (primary N) is 1. The van der Waals surface area contributed by atoms with Crippen molar-refractivity contribution in [1.82, 2.24) is 14.5 Å². The summed E-state index contributed by atoms with van der Waals surface area (Å²) in [4.78, 5) is 11.5. The standard InChI is InChI=1S/C10H9N5/c1-12-8(5-11)9-7-3-4-15(2)10(7)14-6-13-9/h3-6H,11H2,2H3/b8-5-. The number of hydrogen-bond acceptors (Lipinski definition) is 3. The van der Waals surface area contributed by atoms with Gasteiger partial charge in [0.05, 0.1) is 12.3 Å². The summed E-state index contributed by atoms with van der Waals surface area (Å²) in [7, 11) is 1.89. The Morgan fingerprint density at radius 1 is 1.60 bits per heavy atom. The van der Waals surface area contributed by atoms with E-state index >= 15 is 0 Å². The second kappa shape index (κ2) is 3.42. The number of fused-ring (bicyclic) bond motifs is 1. The lowest BCUT2D eigenvalue weighted by Gasteiger charge is -1.99. The Morgan fingerprint density at radius 2 is 2.40 bits per heavy atom. The van der Waals surface area contributed by atoms with Crippen LogP contribution in [0.1, 0.15) is 5.69 Å². The summed E-state index contributed by atoms with van der Waals surface area (Å²) in [5, 5.41) is 0.840. The Morgan fingerprint density at radius 3 is 3.07 bits per heavy atom. The number of hydrogen-bond donors (Lipinski definition) is 1. The van der Waals surface area contributed by atoms with Crippen LogP contribution < -0.4 is 5.73 Å². The van der Waals surface area contributed by atoms with Crippen molar-refractivity contribution < 1.29 is 0 Å². The molecule has 5 heteroatoms. The second-order valence-electron chi connectivity index (χ2n) is 3.05. The molecule has 5 nitrogen and oxygen atoms in total. The molecule has 0 radical (unpaired) electrons. The van der Waals surface area contributed by atoms with Crippen molar-refractivity contribution in [3.63, 3.8) is 0 Å². The van der Waals surface area contributed by atoms with Gasteiger partial charge in [-0.1, -0.05) is 0 Å². The number of rotatable bonds is 1. The van der Waals surface area contributed by atoms with Crippen LogP contribution in [0.25, 0.3) is 21.6 Å². The predicted molar refractivity (Wildman–Crippen MR) is 57.3 cm³/mol. The SMILES string of the molecule is [C-]#[N+]/C(=C\N)c1ncnc2c1ccn2C. The summed E-state index contributed by atoms with van der Waals surface area (Å²) >= 11 is 0. The third-order valence-electron chi connectivity index (χ3n) is 2.18. The van der Waals surface area contributed by atoms with Crippen molar-refractivity contribution in [3.8, 4) is 0 Å². The molecule has 0 aromatic carbocycles. The fourth-order valence-corrected chi connectivity index (χ4v) is 1.45. The molecule has 2 aromatic rings. The van der Waals surface area contributed by atoms with Gasteiger partial charge in [-0.3, -0.25) is 0 Å². The lowest BCUT2D eigenvalue weighted by molar-refractivity contribution is 0.943. The van der Waals surface area contributed by atoms with Gasteiger partial charge in [0.1, 0.15) is 12.0 Å². The van der Waals surface area contributed by atoms with E-state index in [1.54, 1.807) is 0 Å². The molecule has 15 heavy (non-hydrogen) atoms. The maximum absolute atomic E-state index is 6.99. The monoisotopic (exact) mass is 199 g/mol. The van der Waals surface area contributed by atoms with Crippen molar-refractivity contribution >= 4 is 16.7 Å². The van der Waals surface area contributed by atoms with Crippen LogP contribution in [0.5, 0.6) is 0 Å². The molecule has 2 heterocycles. The van der Waals surface area contributed by atoms with E-state index in [1.807, 2.05) is 23.9 Å². The minimum absolute atomic E-state index is 0.341. The van der Waals surface area contributed by atoms with Crippen molar-refractivity contribution in [3.05, 3.63) is 41.9 Å². The van der Waals surface area contributed by atoms with E-state index in [-0.39, 0.29) is 0 Å². The molecule has 74 valence electrons. The zero-order valence-corrected chi connectivity index (χ0v) is 8.18. The molecule has 0 spiro atoms. The largest absolute Gasteiger partial charge is 0.413 e. The molecule has 0 bridgehead atoms. The summed E-state index contributed by atoms with van der Waals surface area (Å²) in [6.07, 6.45) is 4.58. The van der Waals surface area contributed by atoms with Crippen molar-refractivity contribution in [1.29, 1.82) is 0 Å². The Bertz CT molecular complexity index is 573. The van der Waals surface area contributed by atoms with Crippen LogP contribution in [0.4, 0.5) is 0 Å². The highest BCUT2D eigenvalue weighted by molar-refractivity contribution is 5.89. The van der Waals surface area contributed by atoms with E-state index in [4.69, 9.17) is 12.3 Å². The second-order valence-corrected chi connectivity index (χ2v) is 3.05. The van der Waals surface area contributed by atoms with Gasteiger partial charge in [-0.25, -0.2) is 14.8 Å². The van der Waals surface area contributed by atoms with Crippen molar-refractivity contribution in [2.45, 2.75) is 0 Å². The van der Waals surface area contributed by atoms with Crippen LogP contribution in [-0.4, -0.2) is 14.5 Å². The maximum Gasteiger partial charge on any atom is 0.227 e. The first kappa shape index (κ1) is 9.21. The molecule has 0 unspecified atom stereocenters. The minimum atomic E-state index is 0.341. The van der Waals surface area contributed by atoms with Crippen LogP contribution in [0.15, 0.2) is 24.8 Å². The van der Waals surface area contributed by atoms with E-state index in [2.05, 4.69) is 14.8 Å². The third-order valence-corrected chi connectivity index (χ3v) is 2.18. The molecule has 0 saturated heterocycles. The van der Waals surface area contributed by atoms with Gasteiger partial charge in [0, 0.05) is 24.8 Å². The molecule has 0 fully saturated rings. The van der Waals surface area contributed by atoms with E-state index in [9.17, 15) is 0 Å². The predicted octanol–water partition coefficient (Wildman–Crippen LogP) is 1.14. The number of nitrogens with zero attached hydrogens (tertiary/aromatic N) is 4. The van der Waals surface area contributed by atoms with Gasteiger partial charge >= 0.3 is 0 Å². The van der Waals surface area contributed by atoms with Gasteiger partial charge in [-0.05, 0) is 6.07 Å². The molecular formula is C10H9N5. The van der Waals surface area contributed by atoms with E-state index in [0.29, 0.717) is 11.4 Å². The summed E-state index contributed by atoms with van der Waals surface area (Å²) in [5.41, 5.74) is 7.09. The average Bonchev–Trinajstić information content (AvgIpc) is 2.64. The third kappa shape index (κ3) is 1.32. The number of aryl methyl sites for hydroxylation is 1. The first-order chi connectivity index (χ1) is 7.27. The van der Waals surface area contributed by atoms with Crippen molar-refractivity contribution in [2.75, 3.05) is 0 Å². The average molecular weight is 199 g/mol. The van der Waals surface area contributed by atoms with Gasteiger partial charge < -0.3 is 10.3 Å².